The standard InChI is InChI=1S/C23H31N3O6S/c1-23(2,3)22(31)32-14-33-18(12-15-8-5-4-6-9-15)19(27)24-16-13-25-11-7-10-17(21(29)30)26(25)20(16)28/h4-6,8-9,16-18H,7,10-14H2,1-3H3,(H,24,27)(H,29,30)/t16?,17?,18-/m0/s1. The minimum atomic E-state index is -1.04. The van der Waals surface area contributed by atoms with Crippen LogP contribution in [0.3, 0.4) is 0 Å². The van der Waals surface area contributed by atoms with Crippen LogP contribution in [0.4, 0.5) is 0 Å². The SMILES string of the molecule is CC(C)(C)C(=O)OCS[C@@H](Cc1ccccc1)C(=O)NC1CN2CCCC(C(=O)O)N2C1=O. The van der Waals surface area contributed by atoms with E-state index in [9.17, 15) is 24.3 Å². The van der Waals surface area contributed by atoms with Gasteiger partial charge in [0.25, 0.3) is 5.91 Å². The molecule has 2 aliphatic rings. The molecule has 2 saturated heterocycles. The first-order chi connectivity index (χ1) is 15.6. The molecule has 0 radical (unpaired) electrons. The van der Waals surface area contributed by atoms with E-state index in [1.54, 1.807) is 25.8 Å². The van der Waals surface area contributed by atoms with Gasteiger partial charge in [0.1, 0.15) is 18.0 Å². The van der Waals surface area contributed by atoms with Crippen LogP contribution in [0.2, 0.25) is 0 Å². The van der Waals surface area contributed by atoms with Crippen LogP contribution in [0.15, 0.2) is 30.3 Å². The van der Waals surface area contributed by atoms with Crippen molar-refractivity contribution in [3.8, 4) is 0 Å². The van der Waals surface area contributed by atoms with Crippen molar-refractivity contribution in [2.24, 2.45) is 5.41 Å². The molecule has 9 nitrogen and oxygen atoms in total. The van der Waals surface area contributed by atoms with E-state index < -0.39 is 34.6 Å². The molecule has 0 bridgehead atoms. The normalized spacial score (nSPS) is 21.9. The monoisotopic (exact) mass is 477 g/mol. The number of nitrogens with zero attached hydrogens (tertiary/aromatic N) is 2. The minimum Gasteiger partial charge on any atom is -0.480 e. The Hall–Kier alpha value is -2.59. The van der Waals surface area contributed by atoms with Crippen LogP contribution in [0.1, 0.15) is 39.2 Å². The summed E-state index contributed by atoms with van der Waals surface area (Å²) in [7, 11) is 0. The number of nitrogens with one attached hydrogen (secondary N) is 1. The molecule has 2 aliphatic heterocycles. The first kappa shape index (κ1) is 25.0. The van der Waals surface area contributed by atoms with Crippen molar-refractivity contribution >= 4 is 35.5 Å². The molecule has 33 heavy (non-hydrogen) atoms. The predicted octanol–water partition coefficient (Wildman–Crippen LogP) is 1.67. The molecule has 3 rings (SSSR count). The number of rotatable bonds is 8. The summed E-state index contributed by atoms with van der Waals surface area (Å²) in [5.41, 5.74) is 0.297. The lowest BCUT2D eigenvalue weighted by Crippen LogP contribution is -2.54. The fourth-order valence-corrected chi connectivity index (χ4v) is 4.73. The molecule has 2 N–H and O–H groups in total. The number of ether oxygens (including phenoxy) is 1. The summed E-state index contributed by atoms with van der Waals surface area (Å²) in [5, 5.41) is 14.7. The molecule has 0 saturated carbocycles. The second kappa shape index (κ2) is 10.6. The molecule has 2 amide bonds. The third kappa shape index (κ3) is 6.26. The Morgan fingerprint density at radius 1 is 1.24 bits per heavy atom. The summed E-state index contributed by atoms with van der Waals surface area (Å²) >= 11 is 1.20. The molecular weight excluding hydrogens is 446 g/mol. The number of aliphatic carboxylic acids is 1. The number of esters is 1. The van der Waals surface area contributed by atoms with E-state index in [0.29, 0.717) is 25.8 Å². The fraction of sp³-hybridized carbons (Fsp3) is 0.565. The van der Waals surface area contributed by atoms with Gasteiger partial charge in [0.2, 0.25) is 5.91 Å². The number of thioether (sulfide) groups is 1. The second-order valence-electron chi connectivity index (χ2n) is 9.30. The lowest BCUT2D eigenvalue weighted by atomic mass is 9.98. The molecule has 2 fully saturated rings. The summed E-state index contributed by atoms with van der Waals surface area (Å²) in [6, 6.07) is 7.75. The first-order valence-corrected chi connectivity index (χ1v) is 12.1. The topological polar surface area (TPSA) is 116 Å². The lowest BCUT2D eigenvalue weighted by molar-refractivity contribution is -0.165. The van der Waals surface area contributed by atoms with E-state index in [0.717, 1.165) is 5.56 Å². The van der Waals surface area contributed by atoms with Crippen molar-refractivity contribution in [3.63, 3.8) is 0 Å². The molecule has 0 spiro atoms. The average molecular weight is 478 g/mol. The van der Waals surface area contributed by atoms with Crippen LogP contribution in [0.25, 0.3) is 0 Å². The smallest absolute Gasteiger partial charge is 0.328 e. The zero-order valence-corrected chi connectivity index (χ0v) is 20.0. The number of fused-ring (bicyclic) bond motifs is 1. The van der Waals surface area contributed by atoms with Gasteiger partial charge in [-0.1, -0.05) is 30.3 Å². The van der Waals surface area contributed by atoms with Gasteiger partial charge in [-0.3, -0.25) is 19.4 Å². The highest BCUT2D eigenvalue weighted by molar-refractivity contribution is 8.00. The summed E-state index contributed by atoms with van der Waals surface area (Å²) < 4.78 is 5.33. The van der Waals surface area contributed by atoms with Gasteiger partial charge in [0, 0.05) is 13.1 Å². The number of carbonyl (C=O) groups excluding carboxylic acids is 3. The van der Waals surface area contributed by atoms with Gasteiger partial charge in [0.15, 0.2) is 0 Å². The van der Waals surface area contributed by atoms with Crippen molar-refractivity contribution in [2.45, 2.75) is 57.4 Å². The Labute approximate surface area is 197 Å². The van der Waals surface area contributed by atoms with Crippen LogP contribution in [-0.2, 0) is 30.3 Å². The Morgan fingerprint density at radius 3 is 2.58 bits per heavy atom. The molecule has 180 valence electrons. The van der Waals surface area contributed by atoms with Gasteiger partial charge >= 0.3 is 11.9 Å². The number of hydrogen-bond donors (Lipinski definition) is 2. The number of carboxylic acid groups (broad SMARTS) is 1. The van der Waals surface area contributed by atoms with E-state index in [2.05, 4.69) is 5.32 Å². The third-order valence-electron chi connectivity index (χ3n) is 5.64. The van der Waals surface area contributed by atoms with Gasteiger partial charge in [-0.15, -0.1) is 11.8 Å². The van der Waals surface area contributed by atoms with Crippen LogP contribution >= 0.6 is 11.8 Å². The highest BCUT2D eigenvalue weighted by Gasteiger charge is 2.47. The van der Waals surface area contributed by atoms with Gasteiger partial charge in [0.05, 0.1) is 10.7 Å². The highest BCUT2D eigenvalue weighted by Crippen LogP contribution is 2.26. The summed E-state index contributed by atoms with van der Waals surface area (Å²) in [5.74, 6) is -2.14. The maximum atomic E-state index is 13.2. The Morgan fingerprint density at radius 2 is 1.94 bits per heavy atom. The average Bonchev–Trinajstić information content (AvgIpc) is 3.08. The number of carbonyl (C=O) groups is 4. The molecule has 0 aromatic heterocycles. The maximum Gasteiger partial charge on any atom is 0.328 e. The number of hydrazine groups is 1. The summed E-state index contributed by atoms with van der Waals surface area (Å²) in [6.45, 7) is 6.10. The molecule has 2 unspecified atom stereocenters. The minimum absolute atomic E-state index is 0.0129. The number of benzene rings is 1. The molecule has 10 heteroatoms. The number of carboxylic acids is 1. The fourth-order valence-electron chi connectivity index (χ4n) is 3.86. The van der Waals surface area contributed by atoms with Gasteiger partial charge in [-0.25, -0.2) is 9.80 Å². The van der Waals surface area contributed by atoms with E-state index in [1.807, 2.05) is 30.3 Å². The predicted molar refractivity (Wildman–Crippen MR) is 123 cm³/mol. The third-order valence-corrected chi connectivity index (χ3v) is 6.68. The van der Waals surface area contributed by atoms with Crippen molar-refractivity contribution < 1.29 is 29.0 Å². The van der Waals surface area contributed by atoms with Crippen LogP contribution in [0.5, 0.6) is 0 Å². The quantitative estimate of drug-likeness (QED) is 0.429. The van der Waals surface area contributed by atoms with Gasteiger partial charge < -0.3 is 15.2 Å². The Kier molecular flexibility index (Phi) is 8.01. The van der Waals surface area contributed by atoms with Crippen LogP contribution in [-0.4, -0.2) is 75.2 Å². The molecule has 0 aliphatic carbocycles. The summed E-state index contributed by atoms with van der Waals surface area (Å²) in [4.78, 5) is 49.7. The van der Waals surface area contributed by atoms with Crippen molar-refractivity contribution in [1.82, 2.24) is 15.3 Å². The first-order valence-electron chi connectivity index (χ1n) is 11.0. The van der Waals surface area contributed by atoms with Crippen LogP contribution < -0.4 is 5.32 Å². The lowest BCUT2D eigenvalue weighted by Gasteiger charge is -2.36. The van der Waals surface area contributed by atoms with Crippen LogP contribution in [0, 0.1) is 5.41 Å². The van der Waals surface area contributed by atoms with E-state index in [-0.39, 0.29) is 24.4 Å². The molecular formula is C23H31N3O6S. The largest absolute Gasteiger partial charge is 0.480 e. The van der Waals surface area contributed by atoms with Gasteiger partial charge in [-0.05, 0) is 45.6 Å². The molecule has 1 aromatic rings. The highest BCUT2D eigenvalue weighted by atomic mass is 32.2. The van der Waals surface area contributed by atoms with Crippen molar-refractivity contribution in [2.75, 3.05) is 19.0 Å². The van der Waals surface area contributed by atoms with Crippen molar-refractivity contribution in [3.05, 3.63) is 35.9 Å². The number of hydrogen-bond acceptors (Lipinski definition) is 7. The molecule has 3 atom stereocenters. The van der Waals surface area contributed by atoms with E-state index >= 15 is 0 Å². The zero-order valence-electron chi connectivity index (χ0n) is 19.2. The van der Waals surface area contributed by atoms with E-state index in [4.69, 9.17) is 4.74 Å². The molecule has 2 heterocycles. The Balaban J connectivity index is 1.67. The Bertz CT molecular complexity index is 888. The molecule has 1 aromatic carbocycles. The van der Waals surface area contributed by atoms with Gasteiger partial charge in [-0.2, -0.15) is 0 Å². The number of amides is 2. The maximum absolute atomic E-state index is 13.2. The van der Waals surface area contributed by atoms with E-state index in [1.165, 1.54) is 16.8 Å². The zero-order chi connectivity index (χ0) is 24.2. The summed E-state index contributed by atoms with van der Waals surface area (Å²) in [6.07, 6.45) is 1.47. The van der Waals surface area contributed by atoms with Crippen molar-refractivity contribution in [1.29, 1.82) is 0 Å². The second-order valence-corrected chi connectivity index (χ2v) is 10.4.